The molecule has 2 heteroatoms. The third kappa shape index (κ3) is 633. The SMILES string of the molecule is C[Si](C)C.N. The van der Waals surface area contributed by atoms with Crippen molar-refractivity contribution in [2.24, 2.45) is 0 Å². The molecule has 33 valence electrons. The lowest BCUT2D eigenvalue weighted by Crippen LogP contribution is -1.84. The topological polar surface area (TPSA) is 35.0 Å². The van der Waals surface area contributed by atoms with E-state index in [9.17, 15) is 0 Å². The average molecular weight is 90.2 g/mol. The molecular weight excluding hydrogens is 78.1 g/mol. The van der Waals surface area contributed by atoms with Crippen LogP contribution < -0.4 is 6.15 Å². The summed E-state index contributed by atoms with van der Waals surface area (Å²) >= 11 is 0. The van der Waals surface area contributed by atoms with Gasteiger partial charge in [-0.1, -0.05) is 19.6 Å². The van der Waals surface area contributed by atoms with Crippen LogP contribution in [0.5, 0.6) is 0 Å². The quantitative estimate of drug-likeness (QED) is 0.450. The molecule has 3 N–H and O–H groups in total. The molecular formula is C3H12NSi. The lowest BCUT2D eigenvalue weighted by Gasteiger charge is -1.75. The van der Waals surface area contributed by atoms with Crippen molar-refractivity contribution in [2.75, 3.05) is 0 Å². The Balaban J connectivity index is 0. The van der Waals surface area contributed by atoms with Crippen LogP contribution >= 0.6 is 0 Å². The van der Waals surface area contributed by atoms with Crippen LogP contribution in [0.25, 0.3) is 0 Å². The van der Waals surface area contributed by atoms with Crippen molar-refractivity contribution in [1.82, 2.24) is 6.15 Å². The summed E-state index contributed by atoms with van der Waals surface area (Å²) < 4.78 is 0. The fourth-order valence-corrected chi connectivity index (χ4v) is 0. The molecule has 0 rings (SSSR count). The van der Waals surface area contributed by atoms with E-state index in [4.69, 9.17) is 0 Å². The zero-order valence-corrected chi connectivity index (χ0v) is 5.21. The third-order valence-corrected chi connectivity index (χ3v) is 0. The minimum absolute atomic E-state index is 0. The highest BCUT2D eigenvalue weighted by molar-refractivity contribution is 6.54. The molecule has 0 aliphatic heterocycles. The van der Waals surface area contributed by atoms with Crippen molar-refractivity contribution >= 4 is 8.80 Å². The lowest BCUT2D eigenvalue weighted by atomic mass is 11.8. The van der Waals surface area contributed by atoms with Crippen LogP contribution in [0.1, 0.15) is 0 Å². The number of rotatable bonds is 0. The van der Waals surface area contributed by atoms with Crippen LogP contribution in [0, 0.1) is 0 Å². The fourth-order valence-electron chi connectivity index (χ4n) is 0. The van der Waals surface area contributed by atoms with Gasteiger partial charge in [-0.25, -0.2) is 0 Å². The average Bonchev–Trinajstić information content (AvgIpc) is 0.811. The van der Waals surface area contributed by atoms with Crippen molar-refractivity contribution in [1.29, 1.82) is 0 Å². The normalized spacial score (nSPS) is 7.20. The number of hydrogen-bond acceptors (Lipinski definition) is 1. The van der Waals surface area contributed by atoms with Crippen LogP contribution in [0.4, 0.5) is 0 Å². The summed E-state index contributed by atoms with van der Waals surface area (Å²) in [6.45, 7) is 6.81. The second kappa shape index (κ2) is 4.18. The summed E-state index contributed by atoms with van der Waals surface area (Å²) in [6, 6.07) is 0. The van der Waals surface area contributed by atoms with E-state index in [2.05, 4.69) is 19.6 Å². The van der Waals surface area contributed by atoms with Crippen molar-refractivity contribution in [3.63, 3.8) is 0 Å². The first-order valence-corrected chi connectivity index (χ1v) is 4.50. The van der Waals surface area contributed by atoms with Crippen molar-refractivity contribution in [3.8, 4) is 0 Å². The zero-order valence-electron chi connectivity index (χ0n) is 4.21. The van der Waals surface area contributed by atoms with Gasteiger partial charge in [0.25, 0.3) is 0 Å². The van der Waals surface area contributed by atoms with Crippen molar-refractivity contribution in [2.45, 2.75) is 19.6 Å². The molecule has 1 nitrogen and oxygen atoms in total. The number of hydrogen-bond donors (Lipinski definition) is 1. The van der Waals surface area contributed by atoms with E-state index in [-0.39, 0.29) is 14.9 Å². The summed E-state index contributed by atoms with van der Waals surface area (Å²) in [4.78, 5) is 0. The van der Waals surface area contributed by atoms with Crippen LogP contribution in [0.15, 0.2) is 0 Å². The molecule has 0 atom stereocenters. The van der Waals surface area contributed by atoms with Gasteiger partial charge in [-0.3, -0.25) is 0 Å². The molecule has 0 bridgehead atoms. The third-order valence-electron chi connectivity index (χ3n) is 0. The molecule has 1 radical (unpaired) electrons. The molecule has 0 heterocycles. The largest absolute Gasteiger partial charge is 0.344 e. The second-order valence-electron chi connectivity index (χ2n) is 1.50. The van der Waals surface area contributed by atoms with E-state index in [1.807, 2.05) is 0 Å². The summed E-state index contributed by atoms with van der Waals surface area (Å²) in [5, 5.41) is 0. The molecule has 0 amide bonds. The standard InChI is InChI=1S/C3H9Si.H3N/c1-4(2)3;/h1-3H3;1H3. The highest BCUT2D eigenvalue weighted by atomic mass is 28.3. The predicted molar refractivity (Wildman–Crippen MR) is 28.4 cm³/mol. The van der Waals surface area contributed by atoms with Crippen molar-refractivity contribution < 1.29 is 0 Å². The van der Waals surface area contributed by atoms with E-state index in [0.29, 0.717) is 0 Å². The summed E-state index contributed by atoms with van der Waals surface area (Å²) in [7, 11) is 0.120. The van der Waals surface area contributed by atoms with Crippen LogP contribution in [-0.2, 0) is 0 Å². The van der Waals surface area contributed by atoms with Crippen LogP contribution in [0.3, 0.4) is 0 Å². The van der Waals surface area contributed by atoms with Gasteiger partial charge in [0.1, 0.15) is 0 Å². The van der Waals surface area contributed by atoms with Gasteiger partial charge in [-0.15, -0.1) is 0 Å². The van der Waals surface area contributed by atoms with Gasteiger partial charge < -0.3 is 6.15 Å². The van der Waals surface area contributed by atoms with E-state index in [1.165, 1.54) is 0 Å². The maximum atomic E-state index is 2.27. The molecule has 0 aliphatic rings. The highest BCUT2D eigenvalue weighted by Gasteiger charge is 1.72. The van der Waals surface area contributed by atoms with Gasteiger partial charge in [-0.2, -0.15) is 0 Å². The lowest BCUT2D eigenvalue weighted by molar-refractivity contribution is 1.91. The van der Waals surface area contributed by atoms with E-state index < -0.39 is 0 Å². The molecule has 0 aliphatic carbocycles. The summed E-state index contributed by atoms with van der Waals surface area (Å²) in [6.07, 6.45) is 0. The Morgan fingerprint density at radius 2 is 1.00 bits per heavy atom. The molecule has 5 heavy (non-hydrogen) atoms. The van der Waals surface area contributed by atoms with Gasteiger partial charge in [0.2, 0.25) is 0 Å². The zero-order chi connectivity index (χ0) is 3.58. The first kappa shape index (κ1) is 8.95. The Bertz CT molecular complexity index is 11.6. The fraction of sp³-hybridized carbons (Fsp3) is 1.00. The van der Waals surface area contributed by atoms with Gasteiger partial charge in [0, 0.05) is 8.80 Å². The molecule has 0 fully saturated rings. The minimum atomic E-state index is 0. The van der Waals surface area contributed by atoms with E-state index in [0.717, 1.165) is 0 Å². The van der Waals surface area contributed by atoms with E-state index >= 15 is 0 Å². The smallest absolute Gasteiger partial charge is 0.0379 e. The summed E-state index contributed by atoms with van der Waals surface area (Å²) in [5.41, 5.74) is 0. The Morgan fingerprint density at radius 3 is 1.00 bits per heavy atom. The highest BCUT2D eigenvalue weighted by Crippen LogP contribution is 1.68. The molecule has 0 unspecified atom stereocenters. The maximum Gasteiger partial charge on any atom is 0.0379 e. The second-order valence-corrected chi connectivity index (χ2v) is 4.50. The maximum absolute atomic E-state index is 2.27. The monoisotopic (exact) mass is 90.1 g/mol. The molecule has 0 aromatic rings. The first-order valence-electron chi connectivity index (χ1n) is 1.50. The molecule has 0 saturated heterocycles. The van der Waals surface area contributed by atoms with E-state index in [1.54, 1.807) is 0 Å². The first-order chi connectivity index (χ1) is 1.73. The van der Waals surface area contributed by atoms with Crippen LogP contribution in [0.2, 0.25) is 19.6 Å². The van der Waals surface area contributed by atoms with Crippen LogP contribution in [-0.4, -0.2) is 8.80 Å². The Morgan fingerprint density at radius 1 is 1.00 bits per heavy atom. The minimum Gasteiger partial charge on any atom is -0.344 e. The molecule has 0 aromatic carbocycles. The van der Waals surface area contributed by atoms with Gasteiger partial charge >= 0.3 is 0 Å². The van der Waals surface area contributed by atoms with Crippen molar-refractivity contribution in [3.05, 3.63) is 0 Å². The Kier molecular flexibility index (Phi) is 7.48. The summed E-state index contributed by atoms with van der Waals surface area (Å²) in [5.74, 6) is 0. The Hall–Kier alpha value is 0.177. The van der Waals surface area contributed by atoms with Gasteiger partial charge in [-0.05, 0) is 0 Å². The molecule has 0 aromatic heterocycles. The van der Waals surface area contributed by atoms with Gasteiger partial charge in [0.15, 0.2) is 0 Å². The Labute approximate surface area is 35.6 Å². The molecule has 0 spiro atoms. The predicted octanol–water partition coefficient (Wildman–Crippen LogP) is 1.53. The van der Waals surface area contributed by atoms with Gasteiger partial charge in [0.05, 0.1) is 0 Å². The molecule has 0 saturated carbocycles.